The van der Waals surface area contributed by atoms with E-state index in [0.29, 0.717) is 32.7 Å². The zero-order valence-electron chi connectivity index (χ0n) is 15.9. The van der Waals surface area contributed by atoms with Gasteiger partial charge in [-0.25, -0.2) is 23.8 Å². The SMILES string of the molecule is CN1NC(c2c(Cl)cccc2Cl)c2nc(Nc3cccc(S(C)(=O)=O)c3)ncc2O1. The van der Waals surface area contributed by atoms with Crippen LogP contribution in [0.2, 0.25) is 10.0 Å². The summed E-state index contributed by atoms with van der Waals surface area (Å²) in [6, 6.07) is 11.2. The molecule has 1 unspecified atom stereocenters. The minimum absolute atomic E-state index is 0.192. The van der Waals surface area contributed by atoms with E-state index in [1.807, 2.05) is 0 Å². The van der Waals surface area contributed by atoms with Gasteiger partial charge in [0, 0.05) is 34.6 Å². The molecule has 0 spiro atoms. The smallest absolute Gasteiger partial charge is 0.227 e. The molecule has 0 radical (unpaired) electrons. The number of hydrogen-bond donors (Lipinski definition) is 2. The maximum Gasteiger partial charge on any atom is 0.227 e. The first-order valence-corrected chi connectivity index (χ1v) is 11.4. The van der Waals surface area contributed by atoms with E-state index >= 15 is 0 Å². The number of hydrazine groups is 1. The minimum Gasteiger partial charge on any atom is -0.388 e. The molecule has 1 aliphatic rings. The molecule has 156 valence electrons. The number of hydrogen-bond acceptors (Lipinski definition) is 8. The van der Waals surface area contributed by atoms with Crippen molar-refractivity contribution in [1.29, 1.82) is 0 Å². The van der Waals surface area contributed by atoms with Gasteiger partial charge < -0.3 is 10.2 Å². The number of anilines is 2. The van der Waals surface area contributed by atoms with Gasteiger partial charge in [-0.15, -0.1) is 0 Å². The van der Waals surface area contributed by atoms with Gasteiger partial charge in [-0.3, -0.25) is 0 Å². The highest BCUT2D eigenvalue weighted by Crippen LogP contribution is 2.39. The summed E-state index contributed by atoms with van der Waals surface area (Å²) in [5, 5.41) is 5.42. The summed E-state index contributed by atoms with van der Waals surface area (Å²) in [7, 11) is -1.64. The fourth-order valence-electron chi connectivity index (χ4n) is 3.06. The Balaban J connectivity index is 1.73. The van der Waals surface area contributed by atoms with E-state index < -0.39 is 15.9 Å². The Hall–Kier alpha value is -2.43. The highest BCUT2D eigenvalue weighted by molar-refractivity contribution is 7.90. The van der Waals surface area contributed by atoms with Crippen LogP contribution in [0.4, 0.5) is 11.6 Å². The van der Waals surface area contributed by atoms with Crippen molar-refractivity contribution >= 4 is 44.7 Å². The third kappa shape index (κ3) is 4.21. The average molecular weight is 466 g/mol. The van der Waals surface area contributed by atoms with Crippen LogP contribution in [0.15, 0.2) is 53.6 Å². The van der Waals surface area contributed by atoms with Crippen LogP contribution in [0, 0.1) is 0 Å². The normalized spacial score (nSPS) is 16.6. The molecule has 0 fully saturated rings. The summed E-state index contributed by atoms with van der Waals surface area (Å²) in [5.74, 6) is 0.704. The predicted octanol–water partition coefficient (Wildman–Crippen LogP) is 3.76. The average Bonchev–Trinajstić information content (AvgIpc) is 2.68. The van der Waals surface area contributed by atoms with Crippen LogP contribution >= 0.6 is 23.2 Å². The second kappa shape index (κ2) is 8.01. The van der Waals surface area contributed by atoms with Crippen molar-refractivity contribution in [1.82, 2.24) is 20.6 Å². The molecule has 8 nitrogen and oxygen atoms in total. The monoisotopic (exact) mass is 465 g/mol. The molecule has 11 heteroatoms. The maximum atomic E-state index is 11.8. The predicted molar refractivity (Wildman–Crippen MR) is 115 cm³/mol. The molecule has 4 rings (SSSR count). The summed E-state index contributed by atoms with van der Waals surface area (Å²) in [4.78, 5) is 14.7. The second-order valence-electron chi connectivity index (χ2n) is 6.65. The van der Waals surface area contributed by atoms with E-state index in [9.17, 15) is 8.42 Å². The van der Waals surface area contributed by atoms with Crippen molar-refractivity contribution < 1.29 is 13.3 Å². The Bertz CT molecular complexity index is 1200. The zero-order chi connectivity index (χ0) is 21.5. The molecule has 0 bridgehead atoms. The van der Waals surface area contributed by atoms with Gasteiger partial charge in [-0.05, 0) is 30.3 Å². The van der Waals surface area contributed by atoms with Crippen LogP contribution in [0.25, 0.3) is 0 Å². The van der Waals surface area contributed by atoms with Gasteiger partial charge in [0.1, 0.15) is 5.69 Å². The quantitative estimate of drug-likeness (QED) is 0.600. The first-order chi connectivity index (χ1) is 14.2. The Morgan fingerprint density at radius 2 is 1.87 bits per heavy atom. The van der Waals surface area contributed by atoms with Crippen molar-refractivity contribution in [3.05, 3.63) is 70.0 Å². The van der Waals surface area contributed by atoms with E-state index in [1.54, 1.807) is 37.4 Å². The highest BCUT2D eigenvalue weighted by atomic mass is 35.5. The Kier molecular flexibility index (Phi) is 5.56. The molecule has 1 atom stereocenters. The van der Waals surface area contributed by atoms with E-state index in [2.05, 4.69) is 20.7 Å². The topological polar surface area (TPSA) is 96.5 Å². The van der Waals surface area contributed by atoms with Crippen LogP contribution in [-0.4, -0.2) is 36.9 Å². The minimum atomic E-state index is -3.34. The third-order valence-corrected chi connectivity index (χ3v) is 6.18. The number of benzene rings is 2. The fourth-order valence-corrected chi connectivity index (χ4v) is 4.34. The van der Waals surface area contributed by atoms with Crippen molar-refractivity contribution in [3.63, 3.8) is 0 Å². The van der Waals surface area contributed by atoms with Crippen LogP contribution < -0.4 is 15.6 Å². The summed E-state index contributed by atoms with van der Waals surface area (Å²) >= 11 is 12.8. The first kappa shape index (κ1) is 20.8. The van der Waals surface area contributed by atoms with Gasteiger partial charge in [-0.2, -0.15) is 0 Å². The highest BCUT2D eigenvalue weighted by Gasteiger charge is 2.31. The summed E-state index contributed by atoms with van der Waals surface area (Å²) in [6.07, 6.45) is 2.68. The lowest BCUT2D eigenvalue weighted by molar-refractivity contribution is -0.104. The lowest BCUT2D eigenvalue weighted by Gasteiger charge is -2.32. The Morgan fingerprint density at radius 3 is 2.57 bits per heavy atom. The number of nitrogens with zero attached hydrogens (tertiary/aromatic N) is 3. The number of rotatable bonds is 4. The van der Waals surface area contributed by atoms with Gasteiger partial charge in [0.15, 0.2) is 15.6 Å². The Labute approximate surface area is 183 Å². The molecule has 0 amide bonds. The number of nitrogens with one attached hydrogen (secondary N) is 2. The molecule has 0 aliphatic carbocycles. The fraction of sp³-hybridized carbons (Fsp3) is 0.158. The van der Waals surface area contributed by atoms with Gasteiger partial charge in [-0.1, -0.05) is 40.5 Å². The van der Waals surface area contributed by atoms with E-state index in [-0.39, 0.29) is 10.8 Å². The lowest BCUT2D eigenvalue weighted by atomic mass is 10.0. The summed E-state index contributed by atoms with van der Waals surface area (Å²) < 4.78 is 23.6. The van der Waals surface area contributed by atoms with Crippen LogP contribution in [0.1, 0.15) is 17.3 Å². The number of sulfone groups is 1. The molecule has 1 aliphatic heterocycles. The number of fused-ring (bicyclic) bond motifs is 1. The standard InChI is InChI=1S/C19H17Cl2N5O3S/c1-26-25-18(16-13(20)7-4-8-14(16)21)17-15(29-26)10-22-19(24-17)23-11-5-3-6-12(9-11)30(2,27)28/h3-10,18,25H,1-2H3,(H,22,23,24). The number of hydroxylamine groups is 1. The van der Waals surface area contributed by atoms with Gasteiger partial charge in [0.25, 0.3) is 0 Å². The molecule has 3 aromatic rings. The third-order valence-electron chi connectivity index (χ3n) is 4.41. The summed E-state index contributed by atoms with van der Waals surface area (Å²) in [6.45, 7) is 0. The largest absolute Gasteiger partial charge is 0.388 e. The van der Waals surface area contributed by atoms with E-state index in [4.69, 9.17) is 28.0 Å². The van der Waals surface area contributed by atoms with Crippen LogP contribution in [0.5, 0.6) is 5.75 Å². The number of aromatic nitrogens is 2. The zero-order valence-corrected chi connectivity index (χ0v) is 18.3. The number of halogens is 2. The van der Waals surface area contributed by atoms with Crippen molar-refractivity contribution in [2.75, 3.05) is 18.6 Å². The molecule has 30 heavy (non-hydrogen) atoms. The second-order valence-corrected chi connectivity index (χ2v) is 9.48. The van der Waals surface area contributed by atoms with Crippen molar-refractivity contribution in [2.24, 2.45) is 0 Å². The lowest BCUT2D eigenvalue weighted by Crippen LogP contribution is -2.45. The van der Waals surface area contributed by atoms with E-state index in [1.165, 1.54) is 23.5 Å². The maximum absolute atomic E-state index is 11.8. The van der Waals surface area contributed by atoms with Crippen LogP contribution in [-0.2, 0) is 9.84 Å². The molecular weight excluding hydrogens is 449 g/mol. The molecule has 2 heterocycles. The first-order valence-electron chi connectivity index (χ1n) is 8.78. The van der Waals surface area contributed by atoms with Crippen LogP contribution in [0.3, 0.4) is 0 Å². The molecule has 2 N–H and O–H groups in total. The van der Waals surface area contributed by atoms with Gasteiger partial charge in [0.2, 0.25) is 5.95 Å². The molecule has 2 aromatic carbocycles. The molecule has 0 saturated heterocycles. The van der Waals surface area contributed by atoms with Crippen molar-refractivity contribution in [3.8, 4) is 5.75 Å². The molecule has 1 aromatic heterocycles. The van der Waals surface area contributed by atoms with Gasteiger partial charge in [0.05, 0.1) is 17.1 Å². The molecule has 0 saturated carbocycles. The van der Waals surface area contributed by atoms with E-state index in [0.717, 1.165) is 6.26 Å². The van der Waals surface area contributed by atoms with Gasteiger partial charge >= 0.3 is 0 Å². The van der Waals surface area contributed by atoms with Crippen molar-refractivity contribution in [2.45, 2.75) is 10.9 Å². The Morgan fingerprint density at radius 1 is 1.17 bits per heavy atom. The summed E-state index contributed by atoms with van der Waals surface area (Å²) in [5.41, 5.74) is 4.85. The molecular formula is C19H17Cl2N5O3S.